The highest BCUT2D eigenvalue weighted by atomic mass is 35.5. The summed E-state index contributed by atoms with van der Waals surface area (Å²) in [5.74, 6) is 2.38. The summed E-state index contributed by atoms with van der Waals surface area (Å²) in [5.41, 5.74) is 0. The van der Waals surface area contributed by atoms with Crippen LogP contribution in [0.4, 0.5) is 5.82 Å². The monoisotopic (exact) mass is 225 g/mol. The molecule has 1 aliphatic heterocycles. The summed E-state index contributed by atoms with van der Waals surface area (Å²) < 4.78 is 0. The van der Waals surface area contributed by atoms with E-state index < -0.39 is 0 Å². The molecule has 0 bridgehead atoms. The lowest BCUT2D eigenvalue weighted by molar-refractivity contribution is 0.452. The summed E-state index contributed by atoms with van der Waals surface area (Å²) in [6, 6.07) is 1.97. The molecular weight excluding hydrogens is 210 g/mol. The van der Waals surface area contributed by atoms with Crippen LogP contribution in [0.3, 0.4) is 0 Å². The first kappa shape index (κ1) is 10.7. The summed E-state index contributed by atoms with van der Waals surface area (Å²) in [6.45, 7) is 6.10. The number of halogens is 1. The number of alkyl halides is 1. The minimum absolute atomic E-state index is 0.309. The number of aromatic nitrogens is 2. The van der Waals surface area contributed by atoms with Crippen molar-refractivity contribution in [3.05, 3.63) is 18.1 Å². The first-order valence-corrected chi connectivity index (χ1v) is 5.79. The van der Waals surface area contributed by atoms with Gasteiger partial charge in [-0.25, -0.2) is 9.97 Å². The summed E-state index contributed by atoms with van der Waals surface area (Å²) in [6.07, 6.45) is 2.85. The van der Waals surface area contributed by atoms with E-state index in [2.05, 4.69) is 21.8 Å². The van der Waals surface area contributed by atoms with Crippen molar-refractivity contribution in [1.82, 2.24) is 9.97 Å². The molecule has 1 aromatic heterocycles. The second-order valence-corrected chi connectivity index (χ2v) is 4.75. The van der Waals surface area contributed by atoms with Crippen molar-refractivity contribution in [2.45, 2.75) is 25.6 Å². The van der Waals surface area contributed by atoms with Crippen LogP contribution in [-0.4, -0.2) is 28.4 Å². The largest absolute Gasteiger partial charge is 0.356 e. The van der Waals surface area contributed by atoms with Crippen molar-refractivity contribution in [2.75, 3.05) is 18.0 Å². The molecular formula is C11H16ClN3. The Balaban J connectivity index is 2.12. The third kappa shape index (κ3) is 2.40. The molecule has 1 aromatic rings. The van der Waals surface area contributed by atoms with Crippen molar-refractivity contribution in [3.8, 4) is 0 Å². The maximum atomic E-state index is 6.19. The van der Waals surface area contributed by atoms with E-state index >= 15 is 0 Å². The Morgan fingerprint density at radius 1 is 1.53 bits per heavy atom. The maximum absolute atomic E-state index is 6.19. The van der Waals surface area contributed by atoms with E-state index in [1.807, 2.05) is 19.2 Å². The molecule has 2 heterocycles. The van der Waals surface area contributed by atoms with Gasteiger partial charge in [0.25, 0.3) is 0 Å². The topological polar surface area (TPSA) is 29.0 Å². The molecule has 82 valence electrons. The van der Waals surface area contributed by atoms with Crippen LogP contribution < -0.4 is 4.90 Å². The van der Waals surface area contributed by atoms with Gasteiger partial charge in [0.1, 0.15) is 11.6 Å². The van der Waals surface area contributed by atoms with Gasteiger partial charge in [0, 0.05) is 24.7 Å². The lowest BCUT2D eigenvalue weighted by Gasteiger charge is -2.34. The fourth-order valence-corrected chi connectivity index (χ4v) is 2.12. The lowest BCUT2D eigenvalue weighted by Crippen LogP contribution is -2.40. The van der Waals surface area contributed by atoms with E-state index in [0.29, 0.717) is 11.3 Å². The normalized spacial score (nSPS) is 26.7. The molecule has 4 heteroatoms. The van der Waals surface area contributed by atoms with E-state index in [0.717, 1.165) is 31.2 Å². The van der Waals surface area contributed by atoms with Crippen molar-refractivity contribution in [3.63, 3.8) is 0 Å². The van der Waals surface area contributed by atoms with Crippen LogP contribution in [-0.2, 0) is 0 Å². The van der Waals surface area contributed by atoms with Crippen molar-refractivity contribution >= 4 is 17.4 Å². The van der Waals surface area contributed by atoms with Crippen molar-refractivity contribution < 1.29 is 0 Å². The molecule has 15 heavy (non-hydrogen) atoms. The summed E-state index contributed by atoms with van der Waals surface area (Å²) in [5, 5.41) is 0.309. The second kappa shape index (κ2) is 4.35. The number of rotatable bonds is 1. The Bertz CT molecular complexity index is 342. The van der Waals surface area contributed by atoms with Crippen LogP contribution in [0, 0.1) is 12.8 Å². The van der Waals surface area contributed by atoms with Crippen LogP contribution in [0.1, 0.15) is 19.2 Å². The zero-order valence-corrected chi connectivity index (χ0v) is 9.91. The Kier molecular flexibility index (Phi) is 3.10. The molecule has 2 atom stereocenters. The molecule has 0 N–H and O–H groups in total. The van der Waals surface area contributed by atoms with E-state index in [1.165, 1.54) is 0 Å². The molecule has 1 saturated heterocycles. The Morgan fingerprint density at radius 2 is 2.33 bits per heavy atom. The van der Waals surface area contributed by atoms with Gasteiger partial charge in [-0.15, -0.1) is 11.6 Å². The predicted octanol–water partition coefficient (Wildman–Crippen LogP) is 2.24. The van der Waals surface area contributed by atoms with Crippen molar-refractivity contribution in [2.24, 2.45) is 5.92 Å². The molecule has 0 radical (unpaired) electrons. The van der Waals surface area contributed by atoms with Gasteiger partial charge >= 0.3 is 0 Å². The lowest BCUT2D eigenvalue weighted by atomic mass is 10.00. The van der Waals surface area contributed by atoms with Crippen LogP contribution >= 0.6 is 11.6 Å². The highest BCUT2D eigenvalue weighted by Gasteiger charge is 2.24. The number of nitrogens with zero attached hydrogens (tertiary/aromatic N) is 3. The molecule has 0 saturated carbocycles. The quantitative estimate of drug-likeness (QED) is 0.687. The Hall–Kier alpha value is -0.830. The molecule has 1 aliphatic rings. The summed E-state index contributed by atoms with van der Waals surface area (Å²) in [4.78, 5) is 10.8. The fraction of sp³-hybridized carbons (Fsp3) is 0.636. The van der Waals surface area contributed by atoms with Crippen molar-refractivity contribution in [1.29, 1.82) is 0 Å². The molecule has 2 rings (SSSR count). The molecule has 2 unspecified atom stereocenters. The number of anilines is 1. The molecule has 0 aromatic carbocycles. The Labute approximate surface area is 95.5 Å². The number of hydrogen-bond donors (Lipinski definition) is 0. The van der Waals surface area contributed by atoms with E-state index in [4.69, 9.17) is 11.6 Å². The summed E-state index contributed by atoms with van der Waals surface area (Å²) in [7, 11) is 0. The standard InChI is InChI=1S/C11H16ClN3/c1-8-7-15(6-4-10(8)12)11-3-5-13-9(2)14-11/h3,5,8,10H,4,6-7H2,1-2H3. The molecule has 0 aliphatic carbocycles. The second-order valence-electron chi connectivity index (χ2n) is 4.19. The zero-order chi connectivity index (χ0) is 10.8. The average molecular weight is 226 g/mol. The van der Waals surface area contributed by atoms with E-state index in [9.17, 15) is 0 Å². The van der Waals surface area contributed by atoms with Gasteiger partial charge in [0.15, 0.2) is 0 Å². The minimum atomic E-state index is 0.309. The first-order valence-electron chi connectivity index (χ1n) is 5.35. The average Bonchev–Trinajstić information content (AvgIpc) is 2.22. The highest BCUT2D eigenvalue weighted by Crippen LogP contribution is 2.24. The van der Waals surface area contributed by atoms with Gasteiger partial charge in [-0.3, -0.25) is 0 Å². The number of hydrogen-bond acceptors (Lipinski definition) is 3. The summed E-state index contributed by atoms with van der Waals surface area (Å²) >= 11 is 6.19. The fourth-order valence-electron chi connectivity index (χ4n) is 1.94. The van der Waals surface area contributed by atoms with Crippen LogP contribution in [0.5, 0.6) is 0 Å². The number of piperidine rings is 1. The van der Waals surface area contributed by atoms with Crippen LogP contribution in [0.15, 0.2) is 12.3 Å². The van der Waals surface area contributed by atoms with Crippen LogP contribution in [0.2, 0.25) is 0 Å². The molecule has 3 nitrogen and oxygen atoms in total. The van der Waals surface area contributed by atoms with E-state index in [1.54, 1.807) is 0 Å². The van der Waals surface area contributed by atoms with Gasteiger partial charge < -0.3 is 4.90 Å². The molecule has 0 amide bonds. The molecule has 0 spiro atoms. The third-order valence-electron chi connectivity index (χ3n) is 2.89. The van der Waals surface area contributed by atoms with Gasteiger partial charge in [-0.2, -0.15) is 0 Å². The van der Waals surface area contributed by atoms with E-state index in [-0.39, 0.29) is 0 Å². The SMILES string of the molecule is Cc1nccc(N2CCC(Cl)C(C)C2)n1. The number of aryl methyl sites for hydroxylation is 1. The Morgan fingerprint density at radius 3 is 3.00 bits per heavy atom. The first-order chi connectivity index (χ1) is 7.16. The van der Waals surface area contributed by atoms with Gasteiger partial charge in [0.05, 0.1) is 0 Å². The zero-order valence-electron chi connectivity index (χ0n) is 9.15. The van der Waals surface area contributed by atoms with Gasteiger partial charge in [0.2, 0.25) is 0 Å². The predicted molar refractivity (Wildman–Crippen MR) is 62.4 cm³/mol. The maximum Gasteiger partial charge on any atom is 0.132 e. The van der Waals surface area contributed by atoms with Gasteiger partial charge in [-0.05, 0) is 25.3 Å². The van der Waals surface area contributed by atoms with Gasteiger partial charge in [-0.1, -0.05) is 6.92 Å². The van der Waals surface area contributed by atoms with Crippen LogP contribution in [0.25, 0.3) is 0 Å². The highest BCUT2D eigenvalue weighted by molar-refractivity contribution is 6.20. The third-order valence-corrected chi connectivity index (χ3v) is 3.53. The molecule has 1 fully saturated rings. The minimum Gasteiger partial charge on any atom is -0.356 e. The smallest absolute Gasteiger partial charge is 0.132 e.